The molecule has 2 aromatic carbocycles. The summed E-state index contributed by atoms with van der Waals surface area (Å²) in [6, 6.07) is 13.4. The normalized spacial score (nSPS) is 10.8. The van der Waals surface area contributed by atoms with Crippen LogP contribution in [0.3, 0.4) is 0 Å². The third kappa shape index (κ3) is 3.61. The lowest BCUT2D eigenvalue weighted by Crippen LogP contribution is -1.89. The lowest BCUT2D eigenvalue weighted by Gasteiger charge is -2.05. The predicted octanol–water partition coefficient (Wildman–Crippen LogP) is 5.11. The van der Waals surface area contributed by atoms with Gasteiger partial charge >= 0.3 is 0 Å². The zero-order valence-corrected chi connectivity index (χ0v) is 16.6. The molecule has 0 aliphatic heterocycles. The topological polar surface area (TPSA) is 70.3 Å². The average Bonchev–Trinajstić information content (AvgIpc) is 3.43. The summed E-state index contributed by atoms with van der Waals surface area (Å²) in [6.45, 7) is 2.10. The van der Waals surface area contributed by atoms with Crippen molar-refractivity contribution >= 4 is 11.3 Å². The Labute approximate surface area is 166 Å². The zero-order valence-electron chi connectivity index (χ0n) is 15.8. The molecule has 0 atom stereocenters. The summed E-state index contributed by atoms with van der Waals surface area (Å²) >= 11 is 1.67. The van der Waals surface area contributed by atoms with Gasteiger partial charge in [0.05, 0.1) is 24.9 Å². The minimum Gasteiger partial charge on any atom is -0.497 e. The average molecular weight is 393 g/mol. The van der Waals surface area contributed by atoms with E-state index in [1.807, 2.05) is 36.4 Å². The van der Waals surface area contributed by atoms with E-state index in [1.165, 1.54) is 0 Å². The molecule has 0 radical (unpaired) electrons. The molecule has 0 saturated heterocycles. The van der Waals surface area contributed by atoms with Crippen LogP contribution in [0.25, 0.3) is 34.1 Å². The van der Waals surface area contributed by atoms with Gasteiger partial charge in [0.1, 0.15) is 11.5 Å². The van der Waals surface area contributed by atoms with Crippen molar-refractivity contribution < 1.29 is 14.0 Å². The second kappa shape index (κ2) is 7.82. The van der Waals surface area contributed by atoms with Gasteiger partial charge in [-0.3, -0.25) is 0 Å². The summed E-state index contributed by atoms with van der Waals surface area (Å²) in [6.07, 6.45) is 0.933. The van der Waals surface area contributed by atoms with Crippen molar-refractivity contribution in [2.24, 2.45) is 0 Å². The number of nitrogens with zero attached hydrogens (tertiary/aromatic N) is 3. The Balaban J connectivity index is 1.67. The van der Waals surface area contributed by atoms with Gasteiger partial charge in [0, 0.05) is 28.1 Å². The molecule has 0 fully saturated rings. The quantitative estimate of drug-likeness (QED) is 0.453. The van der Waals surface area contributed by atoms with Gasteiger partial charge in [-0.05, 0) is 24.6 Å². The number of aromatic nitrogens is 3. The number of hydrogen-bond donors (Lipinski definition) is 0. The Bertz CT molecular complexity index is 1080. The van der Waals surface area contributed by atoms with E-state index >= 15 is 0 Å². The molecule has 0 saturated carbocycles. The van der Waals surface area contributed by atoms with Crippen LogP contribution in [-0.4, -0.2) is 29.3 Å². The summed E-state index contributed by atoms with van der Waals surface area (Å²) in [7, 11) is 3.21. The maximum atomic E-state index is 5.49. The van der Waals surface area contributed by atoms with Crippen LogP contribution >= 0.6 is 11.3 Å². The van der Waals surface area contributed by atoms with Crippen LogP contribution in [0.15, 0.2) is 52.4 Å². The van der Waals surface area contributed by atoms with Gasteiger partial charge in [-0.1, -0.05) is 30.3 Å². The van der Waals surface area contributed by atoms with Crippen molar-refractivity contribution in [3.63, 3.8) is 0 Å². The van der Waals surface area contributed by atoms with E-state index in [4.69, 9.17) is 14.0 Å². The van der Waals surface area contributed by atoms with Crippen LogP contribution in [0.2, 0.25) is 0 Å². The first-order valence-corrected chi connectivity index (χ1v) is 9.70. The van der Waals surface area contributed by atoms with Crippen molar-refractivity contribution in [1.29, 1.82) is 0 Å². The molecule has 4 rings (SSSR count). The first kappa shape index (κ1) is 18.2. The Morgan fingerprint density at radius 3 is 2.36 bits per heavy atom. The molecule has 142 valence electrons. The van der Waals surface area contributed by atoms with E-state index in [-0.39, 0.29) is 0 Å². The molecule has 0 N–H and O–H groups in total. The highest BCUT2D eigenvalue weighted by Crippen LogP contribution is 2.31. The van der Waals surface area contributed by atoms with E-state index in [1.54, 1.807) is 31.6 Å². The lowest BCUT2D eigenvalue weighted by molar-refractivity contribution is 0.393. The second-order valence-electron chi connectivity index (χ2n) is 6.09. The minimum absolute atomic E-state index is 0.402. The number of thiazole rings is 1. The molecule has 4 aromatic rings. The molecular weight excluding hydrogens is 374 g/mol. The van der Waals surface area contributed by atoms with Gasteiger partial charge in [-0.25, -0.2) is 4.98 Å². The predicted molar refractivity (Wildman–Crippen MR) is 109 cm³/mol. The summed E-state index contributed by atoms with van der Waals surface area (Å²) in [5, 5.41) is 7.34. The van der Waals surface area contributed by atoms with Crippen molar-refractivity contribution in [3.8, 4) is 45.6 Å². The SMILES string of the molecule is CCc1nc(-c2cccc(-c3noc(-c4cc(OC)cc(OC)c4)n3)c2)cs1. The summed E-state index contributed by atoms with van der Waals surface area (Å²) < 4.78 is 16.1. The van der Waals surface area contributed by atoms with Crippen LogP contribution < -0.4 is 9.47 Å². The fourth-order valence-corrected chi connectivity index (χ4v) is 3.57. The third-order valence-corrected chi connectivity index (χ3v) is 5.29. The second-order valence-corrected chi connectivity index (χ2v) is 7.03. The highest BCUT2D eigenvalue weighted by atomic mass is 32.1. The van der Waals surface area contributed by atoms with Gasteiger partial charge in [-0.2, -0.15) is 4.98 Å². The van der Waals surface area contributed by atoms with E-state index in [0.717, 1.165) is 33.8 Å². The molecular formula is C21H19N3O3S. The lowest BCUT2D eigenvalue weighted by atomic mass is 10.1. The Kier molecular flexibility index (Phi) is 5.08. The van der Waals surface area contributed by atoms with E-state index in [2.05, 4.69) is 27.4 Å². The van der Waals surface area contributed by atoms with Crippen LogP contribution in [0.4, 0.5) is 0 Å². The van der Waals surface area contributed by atoms with E-state index < -0.39 is 0 Å². The minimum atomic E-state index is 0.402. The molecule has 28 heavy (non-hydrogen) atoms. The fraction of sp³-hybridized carbons (Fsp3) is 0.190. The van der Waals surface area contributed by atoms with Crippen LogP contribution in [0, 0.1) is 0 Å². The highest BCUT2D eigenvalue weighted by molar-refractivity contribution is 7.09. The van der Waals surface area contributed by atoms with E-state index in [0.29, 0.717) is 23.2 Å². The number of ether oxygens (including phenoxy) is 2. The Morgan fingerprint density at radius 2 is 1.68 bits per heavy atom. The summed E-state index contributed by atoms with van der Waals surface area (Å²) in [4.78, 5) is 9.20. The Hall–Kier alpha value is -3.19. The van der Waals surface area contributed by atoms with Crippen molar-refractivity contribution in [2.45, 2.75) is 13.3 Å². The molecule has 2 heterocycles. The van der Waals surface area contributed by atoms with Gasteiger partial charge in [0.15, 0.2) is 0 Å². The van der Waals surface area contributed by atoms with Gasteiger partial charge in [0.2, 0.25) is 5.82 Å². The number of rotatable bonds is 6. The molecule has 0 unspecified atom stereocenters. The largest absolute Gasteiger partial charge is 0.497 e. The molecule has 2 aromatic heterocycles. The summed E-state index contributed by atoms with van der Waals surface area (Å²) in [5.41, 5.74) is 3.60. The molecule has 0 bridgehead atoms. The van der Waals surface area contributed by atoms with Crippen LogP contribution in [0.5, 0.6) is 11.5 Å². The first-order valence-electron chi connectivity index (χ1n) is 8.82. The standard InChI is InChI=1S/C21H19N3O3S/c1-4-19-22-18(12-28-19)13-6-5-7-14(8-13)20-23-21(27-24-20)15-9-16(25-2)11-17(10-15)26-3/h5-12H,4H2,1-3H3. The first-order chi connectivity index (χ1) is 13.7. The van der Waals surface area contributed by atoms with Crippen molar-refractivity contribution in [1.82, 2.24) is 15.1 Å². The third-order valence-electron chi connectivity index (χ3n) is 4.30. The van der Waals surface area contributed by atoms with Crippen molar-refractivity contribution in [3.05, 3.63) is 52.9 Å². The smallest absolute Gasteiger partial charge is 0.258 e. The Morgan fingerprint density at radius 1 is 0.929 bits per heavy atom. The monoisotopic (exact) mass is 393 g/mol. The molecule has 0 amide bonds. The van der Waals surface area contributed by atoms with Gasteiger partial charge in [-0.15, -0.1) is 11.3 Å². The van der Waals surface area contributed by atoms with Crippen molar-refractivity contribution in [2.75, 3.05) is 14.2 Å². The molecule has 6 nitrogen and oxygen atoms in total. The van der Waals surface area contributed by atoms with Gasteiger partial charge < -0.3 is 14.0 Å². The summed E-state index contributed by atoms with van der Waals surface area (Å²) in [5.74, 6) is 2.24. The molecule has 0 aliphatic rings. The number of methoxy groups -OCH3 is 2. The molecule has 0 aliphatic carbocycles. The van der Waals surface area contributed by atoms with Gasteiger partial charge in [0.25, 0.3) is 5.89 Å². The number of benzene rings is 2. The molecule has 0 spiro atoms. The van der Waals surface area contributed by atoms with Crippen LogP contribution in [-0.2, 0) is 6.42 Å². The maximum Gasteiger partial charge on any atom is 0.258 e. The number of hydrogen-bond acceptors (Lipinski definition) is 7. The zero-order chi connectivity index (χ0) is 19.5. The fourth-order valence-electron chi connectivity index (χ4n) is 2.81. The van der Waals surface area contributed by atoms with Crippen LogP contribution in [0.1, 0.15) is 11.9 Å². The number of aryl methyl sites for hydroxylation is 1. The molecule has 7 heteroatoms. The van der Waals surface area contributed by atoms with E-state index in [9.17, 15) is 0 Å². The maximum absolute atomic E-state index is 5.49. The highest BCUT2D eigenvalue weighted by Gasteiger charge is 2.14.